The molecule has 0 saturated heterocycles. The third-order valence-electron chi connectivity index (χ3n) is 2.05. The lowest BCUT2D eigenvalue weighted by Crippen LogP contribution is -2.29. The molecule has 0 aliphatic carbocycles. The van der Waals surface area contributed by atoms with E-state index in [1.54, 1.807) is 7.05 Å². The number of nitrogens with two attached hydrogens (primary N) is 1. The molecule has 1 amide bonds. The van der Waals surface area contributed by atoms with Gasteiger partial charge >= 0.3 is 5.97 Å². The zero-order valence-corrected chi connectivity index (χ0v) is 9.19. The van der Waals surface area contributed by atoms with Gasteiger partial charge in [0.15, 0.2) is 0 Å². The van der Waals surface area contributed by atoms with Gasteiger partial charge in [0.2, 0.25) is 0 Å². The first kappa shape index (κ1) is 12.0. The average molecular weight is 226 g/mol. The number of nitrogens with zero attached hydrogens (tertiary/aromatic N) is 2. The summed E-state index contributed by atoms with van der Waals surface area (Å²) in [5.41, 5.74) is 5.67. The van der Waals surface area contributed by atoms with E-state index in [2.05, 4.69) is 14.9 Å². The molecular formula is C9H14N4O3. The van der Waals surface area contributed by atoms with Crippen LogP contribution in [0.15, 0.2) is 6.07 Å². The van der Waals surface area contributed by atoms with E-state index >= 15 is 0 Å². The number of ether oxygens (including phenoxy) is 1. The Hall–Kier alpha value is -2.05. The van der Waals surface area contributed by atoms with Crippen LogP contribution in [-0.2, 0) is 9.53 Å². The van der Waals surface area contributed by atoms with Crippen LogP contribution in [0.25, 0.3) is 0 Å². The number of hydrogen-bond acceptors (Lipinski definition) is 5. The Bertz CT molecular complexity index is 388. The molecule has 0 bridgehead atoms. The third kappa shape index (κ3) is 2.97. The molecule has 0 unspecified atom stereocenters. The van der Waals surface area contributed by atoms with Gasteiger partial charge in [0.05, 0.1) is 13.5 Å². The van der Waals surface area contributed by atoms with Crippen molar-refractivity contribution in [1.29, 1.82) is 0 Å². The molecule has 0 fully saturated rings. The first-order valence-corrected chi connectivity index (χ1v) is 4.67. The highest BCUT2D eigenvalue weighted by atomic mass is 16.5. The predicted octanol–water partition coefficient (Wildman–Crippen LogP) is -0.373. The second-order valence-electron chi connectivity index (χ2n) is 3.26. The van der Waals surface area contributed by atoms with Crippen LogP contribution in [-0.4, -0.2) is 47.7 Å². The van der Waals surface area contributed by atoms with Gasteiger partial charge in [-0.15, -0.1) is 0 Å². The van der Waals surface area contributed by atoms with Gasteiger partial charge in [0.25, 0.3) is 5.91 Å². The second-order valence-corrected chi connectivity index (χ2v) is 3.26. The van der Waals surface area contributed by atoms with Crippen LogP contribution in [0.1, 0.15) is 16.9 Å². The van der Waals surface area contributed by atoms with Crippen molar-refractivity contribution >= 4 is 17.7 Å². The molecule has 1 rings (SSSR count). The highest BCUT2D eigenvalue weighted by Crippen LogP contribution is 2.04. The van der Waals surface area contributed by atoms with Crippen molar-refractivity contribution in [2.45, 2.75) is 6.42 Å². The van der Waals surface area contributed by atoms with Crippen LogP contribution in [0.4, 0.5) is 5.82 Å². The summed E-state index contributed by atoms with van der Waals surface area (Å²) in [6.07, 6.45) is 0.155. The number of anilines is 1. The normalized spacial score (nSPS) is 9.88. The Morgan fingerprint density at radius 1 is 1.62 bits per heavy atom. The standard InChI is InChI=1S/C9H14N4O3/c1-13(4-3-8(14)16-2)9(15)6-5-7(10)12-11-6/h5H,3-4H2,1-2H3,(H3,10,11,12). The van der Waals surface area contributed by atoms with E-state index in [0.29, 0.717) is 5.69 Å². The van der Waals surface area contributed by atoms with Crippen LogP contribution in [0.3, 0.4) is 0 Å². The van der Waals surface area contributed by atoms with Gasteiger partial charge in [-0.05, 0) is 0 Å². The minimum atomic E-state index is -0.358. The van der Waals surface area contributed by atoms with Crippen molar-refractivity contribution in [2.24, 2.45) is 0 Å². The summed E-state index contributed by atoms with van der Waals surface area (Å²) < 4.78 is 4.47. The highest BCUT2D eigenvalue weighted by Gasteiger charge is 2.15. The SMILES string of the molecule is COC(=O)CCN(C)C(=O)c1cc(N)n[nH]1. The quantitative estimate of drug-likeness (QED) is 0.682. The summed E-state index contributed by atoms with van der Waals surface area (Å²) in [6, 6.07) is 1.44. The van der Waals surface area contributed by atoms with Gasteiger partial charge in [-0.3, -0.25) is 14.7 Å². The van der Waals surface area contributed by atoms with E-state index in [-0.39, 0.29) is 30.7 Å². The summed E-state index contributed by atoms with van der Waals surface area (Å²) >= 11 is 0. The fourth-order valence-corrected chi connectivity index (χ4v) is 1.11. The minimum Gasteiger partial charge on any atom is -0.469 e. The van der Waals surface area contributed by atoms with Gasteiger partial charge in [0, 0.05) is 19.7 Å². The lowest BCUT2D eigenvalue weighted by molar-refractivity contribution is -0.140. The molecule has 0 radical (unpaired) electrons. The molecule has 0 spiro atoms. The topological polar surface area (TPSA) is 101 Å². The molecule has 0 aliphatic rings. The Morgan fingerprint density at radius 2 is 2.31 bits per heavy atom. The number of H-pyrrole nitrogens is 1. The molecular weight excluding hydrogens is 212 g/mol. The van der Waals surface area contributed by atoms with Crippen molar-refractivity contribution in [1.82, 2.24) is 15.1 Å². The molecule has 0 atom stereocenters. The maximum absolute atomic E-state index is 11.7. The first-order valence-electron chi connectivity index (χ1n) is 4.67. The molecule has 0 saturated carbocycles. The number of nitrogens with one attached hydrogen (secondary N) is 1. The van der Waals surface area contributed by atoms with Gasteiger partial charge in [-0.1, -0.05) is 0 Å². The van der Waals surface area contributed by atoms with E-state index in [9.17, 15) is 9.59 Å². The molecule has 3 N–H and O–H groups in total. The number of methoxy groups -OCH3 is 1. The van der Waals surface area contributed by atoms with E-state index < -0.39 is 0 Å². The largest absolute Gasteiger partial charge is 0.469 e. The van der Waals surface area contributed by atoms with Crippen LogP contribution in [0, 0.1) is 0 Å². The molecule has 1 heterocycles. The lowest BCUT2D eigenvalue weighted by Gasteiger charge is -2.14. The fraction of sp³-hybridized carbons (Fsp3) is 0.444. The molecule has 7 nitrogen and oxygen atoms in total. The van der Waals surface area contributed by atoms with Crippen molar-refractivity contribution < 1.29 is 14.3 Å². The Morgan fingerprint density at radius 3 is 2.81 bits per heavy atom. The van der Waals surface area contributed by atoms with Gasteiger partial charge < -0.3 is 15.4 Å². The predicted molar refractivity (Wildman–Crippen MR) is 56.6 cm³/mol. The Labute approximate surface area is 92.6 Å². The number of carbonyl (C=O) groups is 2. The molecule has 1 aromatic rings. The van der Waals surface area contributed by atoms with Crippen LogP contribution in [0.5, 0.6) is 0 Å². The van der Waals surface area contributed by atoms with E-state index in [4.69, 9.17) is 5.73 Å². The summed E-state index contributed by atoms with van der Waals surface area (Å²) in [7, 11) is 2.89. The molecule has 16 heavy (non-hydrogen) atoms. The molecule has 88 valence electrons. The van der Waals surface area contributed by atoms with Crippen molar-refractivity contribution in [3.05, 3.63) is 11.8 Å². The Balaban J connectivity index is 2.51. The maximum Gasteiger partial charge on any atom is 0.307 e. The summed E-state index contributed by atoms with van der Waals surface area (Å²) in [4.78, 5) is 24.0. The number of esters is 1. The summed E-state index contributed by atoms with van der Waals surface area (Å²) in [5.74, 6) is -0.374. The highest BCUT2D eigenvalue weighted by molar-refractivity contribution is 5.92. The summed E-state index contributed by atoms with van der Waals surface area (Å²) in [6.45, 7) is 0.282. The van der Waals surface area contributed by atoms with Crippen LogP contribution >= 0.6 is 0 Å². The maximum atomic E-state index is 11.7. The monoisotopic (exact) mass is 226 g/mol. The number of aromatic nitrogens is 2. The van der Waals surface area contributed by atoms with Gasteiger partial charge in [0.1, 0.15) is 11.5 Å². The van der Waals surface area contributed by atoms with Crippen LogP contribution in [0.2, 0.25) is 0 Å². The van der Waals surface area contributed by atoms with E-state index in [1.165, 1.54) is 18.1 Å². The molecule has 1 aromatic heterocycles. The zero-order chi connectivity index (χ0) is 12.1. The molecule has 0 aromatic carbocycles. The van der Waals surface area contributed by atoms with E-state index in [0.717, 1.165) is 0 Å². The van der Waals surface area contributed by atoms with Crippen molar-refractivity contribution in [3.8, 4) is 0 Å². The van der Waals surface area contributed by atoms with Gasteiger partial charge in [-0.2, -0.15) is 5.10 Å². The minimum absolute atomic E-state index is 0.155. The smallest absolute Gasteiger partial charge is 0.307 e. The molecule has 0 aliphatic heterocycles. The van der Waals surface area contributed by atoms with Crippen LogP contribution < -0.4 is 5.73 Å². The molecule has 7 heteroatoms. The van der Waals surface area contributed by atoms with E-state index in [1.807, 2.05) is 0 Å². The number of nitrogen functional groups attached to an aromatic ring is 1. The second kappa shape index (κ2) is 5.15. The first-order chi connectivity index (χ1) is 7.54. The average Bonchev–Trinajstić information content (AvgIpc) is 2.71. The van der Waals surface area contributed by atoms with Crippen molar-refractivity contribution in [2.75, 3.05) is 26.4 Å². The lowest BCUT2D eigenvalue weighted by atomic mass is 10.3. The van der Waals surface area contributed by atoms with Crippen molar-refractivity contribution in [3.63, 3.8) is 0 Å². The number of aromatic amines is 1. The third-order valence-corrected chi connectivity index (χ3v) is 2.05. The number of carbonyl (C=O) groups excluding carboxylic acids is 2. The fourth-order valence-electron chi connectivity index (χ4n) is 1.11. The number of hydrogen-bond donors (Lipinski definition) is 2. The van der Waals surface area contributed by atoms with Gasteiger partial charge in [-0.25, -0.2) is 0 Å². The number of rotatable bonds is 4. The number of amides is 1. The summed E-state index contributed by atoms with van der Waals surface area (Å²) in [5, 5.41) is 6.15. The zero-order valence-electron chi connectivity index (χ0n) is 9.19. The Kier molecular flexibility index (Phi) is 3.87.